The summed E-state index contributed by atoms with van der Waals surface area (Å²) in [5.74, 6) is -0.0482. The fourth-order valence-electron chi connectivity index (χ4n) is 3.07. The smallest absolute Gasteiger partial charge is 0.246 e. The Labute approximate surface area is 143 Å². The first-order valence-corrected chi connectivity index (χ1v) is 10.1. The van der Waals surface area contributed by atoms with Crippen LogP contribution in [0.4, 0.5) is 10.1 Å². The molecule has 24 heavy (non-hydrogen) atoms. The molecule has 0 aromatic heterocycles. The van der Waals surface area contributed by atoms with Gasteiger partial charge in [0, 0.05) is 13.1 Å². The highest BCUT2D eigenvalue weighted by atomic mass is 32.2. The number of carbonyl (C=O) groups is 1. The van der Waals surface area contributed by atoms with Crippen molar-refractivity contribution >= 4 is 21.6 Å². The number of hydrogen-bond acceptors (Lipinski definition) is 3. The summed E-state index contributed by atoms with van der Waals surface area (Å²) in [5, 5.41) is 0. The van der Waals surface area contributed by atoms with Crippen LogP contribution in [0.1, 0.15) is 33.1 Å². The molecule has 0 bridgehead atoms. The van der Waals surface area contributed by atoms with E-state index in [-0.39, 0.29) is 5.91 Å². The van der Waals surface area contributed by atoms with Gasteiger partial charge in [-0.15, -0.1) is 0 Å². The number of sulfonamides is 1. The zero-order valence-corrected chi connectivity index (χ0v) is 15.2. The average Bonchev–Trinajstić information content (AvgIpc) is 2.52. The molecule has 5 nitrogen and oxygen atoms in total. The lowest BCUT2D eigenvalue weighted by Gasteiger charge is -2.37. The Morgan fingerprint density at radius 2 is 1.83 bits per heavy atom. The average molecular weight is 356 g/mol. The van der Waals surface area contributed by atoms with E-state index in [1.165, 1.54) is 24.3 Å². The molecule has 1 amide bonds. The Hall–Kier alpha value is -1.63. The molecule has 7 heteroatoms. The molecule has 2 rings (SSSR count). The molecule has 0 radical (unpaired) electrons. The molecular formula is C17H25FN2O3S. The largest absolute Gasteiger partial charge is 0.341 e. The lowest BCUT2D eigenvalue weighted by atomic mass is 9.98. The number of nitrogens with zero attached hydrogens (tertiary/aromatic N) is 2. The SMILES string of the molecule is CC[C@H](C(=O)N1CCC(C)CC1)N(c1ccc(F)cc1)S(C)(=O)=O. The fourth-order valence-corrected chi connectivity index (χ4v) is 4.28. The predicted molar refractivity (Wildman–Crippen MR) is 92.8 cm³/mol. The zero-order chi connectivity index (χ0) is 17.9. The van der Waals surface area contributed by atoms with E-state index in [2.05, 4.69) is 6.92 Å². The van der Waals surface area contributed by atoms with Crippen molar-refractivity contribution in [3.05, 3.63) is 30.1 Å². The summed E-state index contributed by atoms with van der Waals surface area (Å²) in [4.78, 5) is 14.7. The molecule has 1 aromatic rings. The van der Waals surface area contributed by atoms with Crippen molar-refractivity contribution in [3.63, 3.8) is 0 Å². The zero-order valence-electron chi connectivity index (χ0n) is 14.4. The van der Waals surface area contributed by atoms with Crippen molar-refractivity contribution in [1.82, 2.24) is 4.90 Å². The van der Waals surface area contributed by atoms with E-state index >= 15 is 0 Å². The maximum Gasteiger partial charge on any atom is 0.246 e. The molecule has 1 fully saturated rings. The molecule has 1 aliphatic rings. The van der Waals surface area contributed by atoms with Crippen LogP contribution in [-0.2, 0) is 14.8 Å². The van der Waals surface area contributed by atoms with E-state index in [1.807, 2.05) is 0 Å². The lowest BCUT2D eigenvalue weighted by Crippen LogP contribution is -2.52. The number of benzene rings is 1. The highest BCUT2D eigenvalue weighted by Crippen LogP contribution is 2.25. The van der Waals surface area contributed by atoms with Crippen LogP contribution in [0.15, 0.2) is 24.3 Å². The van der Waals surface area contributed by atoms with Gasteiger partial charge in [0.2, 0.25) is 15.9 Å². The van der Waals surface area contributed by atoms with Gasteiger partial charge in [0.15, 0.2) is 0 Å². The summed E-state index contributed by atoms with van der Waals surface area (Å²) < 4.78 is 38.9. The van der Waals surface area contributed by atoms with E-state index < -0.39 is 21.9 Å². The van der Waals surface area contributed by atoms with Gasteiger partial charge in [0.05, 0.1) is 11.9 Å². The maximum atomic E-state index is 13.2. The molecule has 1 heterocycles. The van der Waals surface area contributed by atoms with Gasteiger partial charge in [-0.3, -0.25) is 9.10 Å². The molecule has 0 saturated carbocycles. The van der Waals surface area contributed by atoms with Gasteiger partial charge in [-0.2, -0.15) is 0 Å². The number of halogens is 1. The Bertz CT molecular complexity index is 668. The van der Waals surface area contributed by atoms with Gasteiger partial charge in [-0.1, -0.05) is 13.8 Å². The van der Waals surface area contributed by atoms with Gasteiger partial charge < -0.3 is 4.90 Å². The minimum absolute atomic E-state index is 0.181. The number of amides is 1. The highest BCUT2D eigenvalue weighted by molar-refractivity contribution is 7.92. The van der Waals surface area contributed by atoms with Crippen LogP contribution in [0.2, 0.25) is 0 Å². The van der Waals surface area contributed by atoms with Gasteiger partial charge in [-0.05, 0) is 49.4 Å². The Balaban J connectivity index is 2.32. The van der Waals surface area contributed by atoms with E-state index in [0.717, 1.165) is 23.4 Å². The number of rotatable bonds is 5. The molecule has 1 atom stereocenters. The Morgan fingerprint density at radius 1 is 1.29 bits per heavy atom. The predicted octanol–water partition coefficient (Wildman–Crippen LogP) is 2.63. The summed E-state index contributed by atoms with van der Waals surface area (Å²) in [5.41, 5.74) is 0.310. The van der Waals surface area contributed by atoms with E-state index in [1.54, 1.807) is 11.8 Å². The van der Waals surface area contributed by atoms with E-state index in [4.69, 9.17) is 0 Å². The quantitative estimate of drug-likeness (QED) is 0.815. The second-order valence-corrected chi connectivity index (χ2v) is 8.33. The summed E-state index contributed by atoms with van der Waals surface area (Å²) >= 11 is 0. The summed E-state index contributed by atoms with van der Waals surface area (Å²) in [6, 6.07) is 4.38. The Kier molecular flexibility index (Phi) is 5.85. The van der Waals surface area contributed by atoms with Gasteiger partial charge in [0.25, 0.3) is 0 Å². The van der Waals surface area contributed by atoms with Crippen molar-refractivity contribution < 1.29 is 17.6 Å². The first kappa shape index (κ1) is 18.7. The van der Waals surface area contributed by atoms with Crippen LogP contribution in [0.5, 0.6) is 0 Å². The molecule has 0 unspecified atom stereocenters. The van der Waals surface area contributed by atoms with E-state index in [0.29, 0.717) is 31.1 Å². The summed E-state index contributed by atoms with van der Waals surface area (Å²) in [6.07, 6.45) is 3.29. The molecule has 134 valence electrons. The monoisotopic (exact) mass is 356 g/mol. The molecule has 0 spiro atoms. The number of anilines is 1. The van der Waals surface area contributed by atoms with Crippen LogP contribution in [0.3, 0.4) is 0 Å². The molecule has 1 saturated heterocycles. The van der Waals surface area contributed by atoms with Crippen LogP contribution in [-0.4, -0.2) is 44.6 Å². The fraction of sp³-hybridized carbons (Fsp3) is 0.588. The third-order valence-electron chi connectivity index (χ3n) is 4.49. The molecular weight excluding hydrogens is 331 g/mol. The summed E-state index contributed by atoms with van der Waals surface area (Å²) in [6.45, 7) is 5.24. The standard InChI is InChI=1S/C17H25FN2O3S/c1-4-16(17(21)19-11-9-13(2)10-12-19)20(24(3,22)23)15-7-5-14(18)6-8-15/h5-8,13,16H,4,9-12H2,1-3H3/t16-/m1/s1. The minimum Gasteiger partial charge on any atom is -0.341 e. The first-order valence-electron chi connectivity index (χ1n) is 8.27. The summed E-state index contributed by atoms with van der Waals surface area (Å²) in [7, 11) is -3.67. The Morgan fingerprint density at radius 3 is 2.29 bits per heavy atom. The first-order chi connectivity index (χ1) is 11.2. The normalized spacial score (nSPS) is 17.6. The molecule has 0 aliphatic carbocycles. The van der Waals surface area contributed by atoms with Gasteiger partial charge in [0.1, 0.15) is 11.9 Å². The third kappa shape index (κ3) is 4.26. The number of likely N-dealkylation sites (tertiary alicyclic amines) is 1. The number of piperidine rings is 1. The second-order valence-electron chi connectivity index (χ2n) is 6.47. The van der Waals surface area contributed by atoms with Crippen LogP contribution >= 0.6 is 0 Å². The number of carbonyl (C=O) groups excluding carboxylic acids is 1. The molecule has 1 aliphatic heterocycles. The van der Waals surface area contributed by atoms with Gasteiger partial charge >= 0.3 is 0 Å². The number of hydrogen-bond donors (Lipinski definition) is 0. The van der Waals surface area contributed by atoms with Crippen molar-refractivity contribution in [2.75, 3.05) is 23.7 Å². The van der Waals surface area contributed by atoms with Crippen LogP contribution in [0.25, 0.3) is 0 Å². The molecule has 1 aromatic carbocycles. The molecule has 0 N–H and O–H groups in total. The topological polar surface area (TPSA) is 57.7 Å². The van der Waals surface area contributed by atoms with Crippen molar-refractivity contribution in [2.24, 2.45) is 5.92 Å². The van der Waals surface area contributed by atoms with E-state index in [9.17, 15) is 17.6 Å². The minimum atomic E-state index is -3.67. The van der Waals surface area contributed by atoms with Crippen molar-refractivity contribution in [2.45, 2.75) is 39.2 Å². The van der Waals surface area contributed by atoms with Gasteiger partial charge in [-0.25, -0.2) is 12.8 Å². The van der Waals surface area contributed by atoms with Crippen molar-refractivity contribution in [1.29, 1.82) is 0 Å². The third-order valence-corrected chi connectivity index (χ3v) is 5.67. The highest BCUT2D eigenvalue weighted by Gasteiger charge is 2.35. The van der Waals surface area contributed by atoms with Crippen LogP contribution in [0, 0.1) is 11.7 Å². The van der Waals surface area contributed by atoms with Crippen molar-refractivity contribution in [3.8, 4) is 0 Å². The lowest BCUT2D eigenvalue weighted by molar-refractivity contribution is -0.133. The van der Waals surface area contributed by atoms with Crippen LogP contribution < -0.4 is 4.31 Å². The maximum absolute atomic E-state index is 13.2. The second kappa shape index (κ2) is 7.51.